The van der Waals surface area contributed by atoms with Crippen LogP contribution in [0.1, 0.15) is 24.2 Å². The Labute approximate surface area is 135 Å². The van der Waals surface area contributed by atoms with Gasteiger partial charge in [0.05, 0.1) is 19.3 Å². The van der Waals surface area contributed by atoms with Crippen LogP contribution in [0.2, 0.25) is 0 Å². The first-order chi connectivity index (χ1) is 10.6. The highest BCUT2D eigenvalue weighted by atomic mass is 32.1. The Morgan fingerprint density at radius 3 is 2.82 bits per heavy atom. The summed E-state index contributed by atoms with van der Waals surface area (Å²) in [6, 6.07) is 10.3. The summed E-state index contributed by atoms with van der Waals surface area (Å²) in [7, 11) is 0. The predicted octanol–water partition coefficient (Wildman–Crippen LogP) is 2.19. The van der Waals surface area contributed by atoms with Crippen LogP contribution in [0.25, 0.3) is 0 Å². The number of nitrogens with zero attached hydrogens (tertiary/aromatic N) is 4. The van der Waals surface area contributed by atoms with Crippen molar-refractivity contribution in [3.8, 4) is 0 Å². The highest BCUT2D eigenvalue weighted by Gasteiger charge is 2.19. The minimum atomic E-state index is -0.226. The van der Waals surface area contributed by atoms with E-state index in [1.165, 1.54) is 5.56 Å². The van der Waals surface area contributed by atoms with Crippen molar-refractivity contribution in [2.75, 3.05) is 13.1 Å². The molecule has 1 aliphatic rings. The van der Waals surface area contributed by atoms with Crippen molar-refractivity contribution in [1.82, 2.24) is 19.2 Å². The SMILES string of the molecule is Cc1nn(CN2CCC[C@H](O)C2)c(=S)n1Cc1ccccc1. The number of likely N-dealkylation sites (tertiary alicyclic amines) is 1. The first-order valence-corrected chi connectivity index (χ1v) is 8.13. The van der Waals surface area contributed by atoms with Crippen molar-refractivity contribution in [3.63, 3.8) is 0 Å². The highest BCUT2D eigenvalue weighted by molar-refractivity contribution is 7.71. The standard InChI is InChI=1S/C16H22N4OS/c1-13-17-20(12-18-9-5-8-15(21)11-18)16(22)19(13)10-14-6-3-2-4-7-14/h2-4,6-7,15,21H,5,8-12H2,1H3/t15-/m0/s1. The van der Waals surface area contributed by atoms with Gasteiger partial charge in [-0.2, -0.15) is 5.10 Å². The molecule has 1 fully saturated rings. The molecule has 0 unspecified atom stereocenters. The molecule has 5 nitrogen and oxygen atoms in total. The Kier molecular flexibility index (Phi) is 4.71. The Morgan fingerprint density at radius 2 is 2.09 bits per heavy atom. The van der Waals surface area contributed by atoms with Crippen LogP contribution < -0.4 is 0 Å². The minimum absolute atomic E-state index is 0.226. The van der Waals surface area contributed by atoms with Gasteiger partial charge < -0.3 is 5.11 Å². The number of aromatic nitrogens is 3. The second kappa shape index (κ2) is 6.73. The molecule has 0 spiro atoms. The van der Waals surface area contributed by atoms with Crippen LogP contribution in [0, 0.1) is 11.7 Å². The highest BCUT2D eigenvalue weighted by Crippen LogP contribution is 2.12. The molecule has 0 radical (unpaired) electrons. The van der Waals surface area contributed by atoms with Gasteiger partial charge in [-0.25, -0.2) is 4.68 Å². The lowest BCUT2D eigenvalue weighted by atomic mass is 10.1. The van der Waals surface area contributed by atoms with E-state index in [4.69, 9.17) is 12.2 Å². The third kappa shape index (κ3) is 3.45. The predicted molar refractivity (Wildman–Crippen MR) is 88.1 cm³/mol. The molecule has 0 aliphatic carbocycles. The van der Waals surface area contributed by atoms with E-state index >= 15 is 0 Å². The van der Waals surface area contributed by atoms with E-state index in [0.29, 0.717) is 13.2 Å². The van der Waals surface area contributed by atoms with Gasteiger partial charge in [0, 0.05) is 13.1 Å². The van der Waals surface area contributed by atoms with E-state index in [1.807, 2.05) is 29.8 Å². The summed E-state index contributed by atoms with van der Waals surface area (Å²) in [6.07, 6.45) is 1.69. The molecule has 6 heteroatoms. The fraction of sp³-hybridized carbons (Fsp3) is 0.500. The van der Waals surface area contributed by atoms with Crippen LogP contribution in [-0.4, -0.2) is 43.5 Å². The molecule has 118 valence electrons. The molecule has 1 N–H and O–H groups in total. The lowest BCUT2D eigenvalue weighted by molar-refractivity contribution is 0.0512. The molecule has 1 atom stereocenters. The normalized spacial score (nSPS) is 19.5. The number of piperidine rings is 1. The summed E-state index contributed by atoms with van der Waals surface area (Å²) < 4.78 is 4.66. The van der Waals surface area contributed by atoms with Crippen molar-refractivity contribution >= 4 is 12.2 Å². The number of aliphatic hydroxyl groups excluding tert-OH is 1. The fourth-order valence-corrected chi connectivity index (χ4v) is 3.23. The van der Waals surface area contributed by atoms with Gasteiger partial charge >= 0.3 is 0 Å². The Bertz CT molecular complexity index is 679. The number of hydrogen-bond acceptors (Lipinski definition) is 4. The average molecular weight is 318 g/mol. The van der Waals surface area contributed by atoms with Gasteiger partial charge in [-0.3, -0.25) is 9.47 Å². The van der Waals surface area contributed by atoms with Gasteiger partial charge in [-0.05, 0) is 37.5 Å². The van der Waals surface area contributed by atoms with E-state index in [1.54, 1.807) is 0 Å². The average Bonchev–Trinajstić information content (AvgIpc) is 2.76. The van der Waals surface area contributed by atoms with Crippen LogP contribution in [0.15, 0.2) is 30.3 Å². The molecule has 1 saturated heterocycles. The van der Waals surface area contributed by atoms with Crippen molar-refractivity contribution < 1.29 is 5.11 Å². The smallest absolute Gasteiger partial charge is 0.199 e. The van der Waals surface area contributed by atoms with E-state index in [2.05, 4.69) is 26.7 Å². The van der Waals surface area contributed by atoms with Crippen LogP contribution in [0.5, 0.6) is 0 Å². The molecule has 0 bridgehead atoms. The zero-order chi connectivity index (χ0) is 15.5. The molecular weight excluding hydrogens is 296 g/mol. The zero-order valence-corrected chi connectivity index (χ0v) is 13.7. The van der Waals surface area contributed by atoms with Gasteiger partial charge in [0.15, 0.2) is 4.77 Å². The maximum absolute atomic E-state index is 9.78. The lowest BCUT2D eigenvalue weighted by Gasteiger charge is -2.29. The van der Waals surface area contributed by atoms with Crippen molar-refractivity contribution in [3.05, 3.63) is 46.5 Å². The van der Waals surface area contributed by atoms with E-state index in [0.717, 1.165) is 36.5 Å². The number of aliphatic hydroxyl groups is 1. The van der Waals surface area contributed by atoms with Gasteiger partial charge in [-0.15, -0.1) is 0 Å². The molecule has 1 aliphatic heterocycles. The third-order valence-corrected chi connectivity index (χ3v) is 4.54. The molecule has 2 heterocycles. The Hall–Kier alpha value is -1.50. The molecule has 22 heavy (non-hydrogen) atoms. The first-order valence-electron chi connectivity index (χ1n) is 7.72. The summed E-state index contributed by atoms with van der Waals surface area (Å²) in [4.78, 5) is 2.21. The molecule has 1 aromatic heterocycles. The Balaban J connectivity index is 1.76. The lowest BCUT2D eigenvalue weighted by Crippen LogP contribution is -2.39. The molecule has 3 rings (SSSR count). The zero-order valence-electron chi connectivity index (χ0n) is 12.9. The molecule has 0 amide bonds. The van der Waals surface area contributed by atoms with Crippen LogP contribution in [0.3, 0.4) is 0 Å². The van der Waals surface area contributed by atoms with Crippen LogP contribution >= 0.6 is 12.2 Å². The minimum Gasteiger partial charge on any atom is -0.392 e. The quantitative estimate of drug-likeness (QED) is 0.878. The monoisotopic (exact) mass is 318 g/mol. The summed E-state index contributed by atoms with van der Waals surface area (Å²) in [5.74, 6) is 0.923. The van der Waals surface area contributed by atoms with E-state index in [9.17, 15) is 5.11 Å². The van der Waals surface area contributed by atoms with Crippen LogP contribution in [-0.2, 0) is 13.2 Å². The van der Waals surface area contributed by atoms with Gasteiger partial charge in [0.1, 0.15) is 5.82 Å². The largest absolute Gasteiger partial charge is 0.392 e. The number of β-amino-alcohol motifs (C(OH)–C–C–N with tert-alkyl or cyclic N) is 1. The van der Waals surface area contributed by atoms with Gasteiger partial charge in [-0.1, -0.05) is 30.3 Å². The first kappa shape index (κ1) is 15.4. The number of benzene rings is 1. The van der Waals surface area contributed by atoms with Crippen molar-refractivity contribution in [1.29, 1.82) is 0 Å². The third-order valence-electron chi connectivity index (χ3n) is 4.11. The number of aryl methyl sites for hydroxylation is 1. The summed E-state index contributed by atoms with van der Waals surface area (Å²) in [5, 5.41) is 14.4. The fourth-order valence-electron chi connectivity index (χ4n) is 2.94. The molecular formula is C16H22N4OS. The molecule has 0 saturated carbocycles. The number of rotatable bonds is 4. The van der Waals surface area contributed by atoms with E-state index in [-0.39, 0.29) is 6.10 Å². The Morgan fingerprint density at radius 1 is 1.32 bits per heavy atom. The molecule has 2 aromatic rings. The summed E-state index contributed by atoms with van der Waals surface area (Å²) >= 11 is 5.58. The van der Waals surface area contributed by atoms with E-state index < -0.39 is 0 Å². The van der Waals surface area contributed by atoms with Crippen molar-refractivity contribution in [2.24, 2.45) is 0 Å². The summed E-state index contributed by atoms with van der Waals surface area (Å²) in [6.45, 7) is 5.07. The van der Waals surface area contributed by atoms with Gasteiger partial charge in [0.25, 0.3) is 0 Å². The maximum atomic E-state index is 9.78. The van der Waals surface area contributed by atoms with Gasteiger partial charge in [0.2, 0.25) is 0 Å². The second-order valence-electron chi connectivity index (χ2n) is 5.92. The summed E-state index contributed by atoms with van der Waals surface area (Å²) in [5.41, 5.74) is 1.22. The molecule has 1 aromatic carbocycles. The topological polar surface area (TPSA) is 46.2 Å². The van der Waals surface area contributed by atoms with Crippen molar-refractivity contribution in [2.45, 2.75) is 39.1 Å². The van der Waals surface area contributed by atoms with Crippen LogP contribution in [0.4, 0.5) is 0 Å². The second-order valence-corrected chi connectivity index (χ2v) is 6.28. The number of hydrogen-bond donors (Lipinski definition) is 1. The maximum Gasteiger partial charge on any atom is 0.199 e.